The SMILES string of the molecule is CSc1nc(NC2(C)CC2)ncc1Br. The molecule has 0 amide bonds. The Balaban J connectivity index is 2.18. The lowest BCUT2D eigenvalue weighted by Gasteiger charge is -2.11. The minimum absolute atomic E-state index is 0.240. The van der Waals surface area contributed by atoms with Crippen LogP contribution in [0.3, 0.4) is 0 Å². The fourth-order valence-corrected chi connectivity index (χ4v) is 2.24. The Kier molecular flexibility index (Phi) is 2.70. The molecule has 0 atom stereocenters. The van der Waals surface area contributed by atoms with Crippen LogP contribution in [-0.4, -0.2) is 21.8 Å². The zero-order valence-electron chi connectivity index (χ0n) is 8.17. The van der Waals surface area contributed by atoms with E-state index >= 15 is 0 Å². The molecule has 1 saturated carbocycles. The number of hydrogen-bond donors (Lipinski definition) is 1. The van der Waals surface area contributed by atoms with E-state index in [-0.39, 0.29) is 5.54 Å². The van der Waals surface area contributed by atoms with E-state index in [0.717, 1.165) is 15.4 Å². The number of thioether (sulfide) groups is 1. The molecule has 0 aliphatic heterocycles. The van der Waals surface area contributed by atoms with Gasteiger partial charge in [0.05, 0.1) is 4.47 Å². The molecule has 14 heavy (non-hydrogen) atoms. The summed E-state index contributed by atoms with van der Waals surface area (Å²) in [6.07, 6.45) is 6.23. The van der Waals surface area contributed by atoms with Gasteiger partial charge in [-0.1, -0.05) is 0 Å². The van der Waals surface area contributed by atoms with Gasteiger partial charge in [0.1, 0.15) is 5.03 Å². The van der Waals surface area contributed by atoms with Crippen molar-refractivity contribution in [2.24, 2.45) is 0 Å². The first-order valence-corrected chi connectivity index (χ1v) is 6.49. The molecular formula is C9H12BrN3S. The van der Waals surface area contributed by atoms with Gasteiger partial charge < -0.3 is 5.32 Å². The minimum atomic E-state index is 0.240. The first kappa shape index (κ1) is 10.2. The Hall–Kier alpha value is -0.290. The highest BCUT2D eigenvalue weighted by Gasteiger charge is 2.37. The monoisotopic (exact) mass is 273 g/mol. The summed E-state index contributed by atoms with van der Waals surface area (Å²) in [5, 5.41) is 4.32. The summed E-state index contributed by atoms with van der Waals surface area (Å²) in [6, 6.07) is 0. The molecule has 0 saturated heterocycles. The van der Waals surface area contributed by atoms with Crippen molar-refractivity contribution in [3.8, 4) is 0 Å². The van der Waals surface area contributed by atoms with Gasteiger partial charge in [-0.2, -0.15) is 0 Å². The fraction of sp³-hybridized carbons (Fsp3) is 0.556. The van der Waals surface area contributed by atoms with E-state index < -0.39 is 0 Å². The van der Waals surface area contributed by atoms with Crippen LogP contribution in [0.25, 0.3) is 0 Å². The van der Waals surface area contributed by atoms with Crippen LogP contribution in [0.2, 0.25) is 0 Å². The average Bonchev–Trinajstić information content (AvgIpc) is 2.87. The van der Waals surface area contributed by atoms with E-state index in [1.54, 1.807) is 18.0 Å². The summed E-state index contributed by atoms with van der Waals surface area (Å²) in [5.41, 5.74) is 0.240. The summed E-state index contributed by atoms with van der Waals surface area (Å²) in [7, 11) is 0. The lowest BCUT2D eigenvalue weighted by atomic mass is 10.3. The molecule has 1 N–H and O–H groups in total. The molecule has 0 spiro atoms. The van der Waals surface area contributed by atoms with Crippen LogP contribution < -0.4 is 5.32 Å². The van der Waals surface area contributed by atoms with E-state index in [9.17, 15) is 0 Å². The molecule has 1 fully saturated rings. The van der Waals surface area contributed by atoms with E-state index in [4.69, 9.17) is 0 Å². The van der Waals surface area contributed by atoms with Crippen molar-refractivity contribution in [1.82, 2.24) is 9.97 Å². The van der Waals surface area contributed by atoms with Crippen molar-refractivity contribution >= 4 is 33.6 Å². The molecule has 0 radical (unpaired) electrons. The van der Waals surface area contributed by atoms with Crippen LogP contribution in [0.1, 0.15) is 19.8 Å². The van der Waals surface area contributed by atoms with Gasteiger partial charge >= 0.3 is 0 Å². The lowest BCUT2D eigenvalue weighted by molar-refractivity contribution is 0.802. The van der Waals surface area contributed by atoms with Crippen LogP contribution >= 0.6 is 27.7 Å². The van der Waals surface area contributed by atoms with E-state index in [2.05, 4.69) is 38.1 Å². The maximum absolute atomic E-state index is 4.41. The summed E-state index contributed by atoms with van der Waals surface area (Å²) < 4.78 is 0.955. The van der Waals surface area contributed by atoms with Crippen molar-refractivity contribution < 1.29 is 0 Å². The first-order chi connectivity index (χ1) is 6.63. The van der Waals surface area contributed by atoms with Crippen molar-refractivity contribution in [2.75, 3.05) is 11.6 Å². The molecule has 0 bridgehead atoms. The number of nitrogens with one attached hydrogen (secondary N) is 1. The minimum Gasteiger partial charge on any atom is -0.349 e. The average molecular weight is 274 g/mol. The number of aromatic nitrogens is 2. The molecular weight excluding hydrogens is 262 g/mol. The van der Waals surface area contributed by atoms with Gasteiger partial charge in [0.25, 0.3) is 0 Å². The van der Waals surface area contributed by atoms with Gasteiger partial charge in [-0.3, -0.25) is 0 Å². The standard InChI is InChI=1S/C9H12BrN3S/c1-9(3-4-9)13-8-11-5-6(10)7(12-8)14-2/h5H,3-4H2,1-2H3,(H,11,12,13). The predicted molar refractivity (Wildman–Crippen MR) is 62.8 cm³/mol. The van der Waals surface area contributed by atoms with Gasteiger partial charge in [-0.15, -0.1) is 11.8 Å². The molecule has 76 valence electrons. The third-order valence-electron chi connectivity index (χ3n) is 2.32. The molecule has 3 nitrogen and oxygen atoms in total. The molecule has 5 heteroatoms. The van der Waals surface area contributed by atoms with Crippen LogP contribution in [-0.2, 0) is 0 Å². The lowest BCUT2D eigenvalue weighted by Crippen LogP contribution is -2.18. The molecule has 1 aliphatic rings. The molecule has 2 rings (SSSR count). The van der Waals surface area contributed by atoms with Gasteiger partial charge in [0.15, 0.2) is 0 Å². The summed E-state index contributed by atoms with van der Waals surface area (Å²) >= 11 is 5.03. The third-order valence-corrected chi connectivity index (χ3v) is 3.86. The highest BCUT2D eigenvalue weighted by Crippen LogP contribution is 2.37. The van der Waals surface area contributed by atoms with Crippen molar-refractivity contribution in [3.05, 3.63) is 10.7 Å². The molecule has 0 aromatic carbocycles. The number of nitrogens with zero attached hydrogens (tertiary/aromatic N) is 2. The van der Waals surface area contributed by atoms with Crippen LogP contribution in [0, 0.1) is 0 Å². The second-order valence-electron chi connectivity index (χ2n) is 3.74. The topological polar surface area (TPSA) is 37.8 Å². The fourth-order valence-electron chi connectivity index (χ4n) is 1.14. The molecule has 1 aliphatic carbocycles. The zero-order valence-corrected chi connectivity index (χ0v) is 10.6. The number of rotatable bonds is 3. The van der Waals surface area contributed by atoms with Crippen LogP contribution in [0.15, 0.2) is 15.7 Å². The summed E-state index contributed by atoms with van der Waals surface area (Å²) in [4.78, 5) is 8.64. The number of halogens is 1. The largest absolute Gasteiger partial charge is 0.349 e. The smallest absolute Gasteiger partial charge is 0.224 e. The zero-order chi connectivity index (χ0) is 10.2. The Morgan fingerprint density at radius 3 is 2.86 bits per heavy atom. The number of anilines is 1. The Morgan fingerprint density at radius 1 is 1.57 bits per heavy atom. The van der Waals surface area contributed by atoms with E-state index in [1.807, 2.05) is 6.26 Å². The van der Waals surface area contributed by atoms with Gasteiger partial charge in [0, 0.05) is 11.7 Å². The number of hydrogen-bond acceptors (Lipinski definition) is 4. The molecule has 1 aromatic heterocycles. The van der Waals surface area contributed by atoms with Crippen molar-refractivity contribution in [2.45, 2.75) is 30.3 Å². The van der Waals surface area contributed by atoms with Crippen molar-refractivity contribution in [1.29, 1.82) is 0 Å². The van der Waals surface area contributed by atoms with Gasteiger partial charge in [-0.05, 0) is 42.0 Å². The highest BCUT2D eigenvalue weighted by atomic mass is 79.9. The Bertz CT molecular complexity index is 352. The van der Waals surface area contributed by atoms with Crippen LogP contribution in [0.4, 0.5) is 5.95 Å². The maximum atomic E-state index is 4.41. The quantitative estimate of drug-likeness (QED) is 0.679. The molecule has 1 aromatic rings. The summed E-state index contributed by atoms with van der Waals surface area (Å²) in [5.74, 6) is 0.734. The van der Waals surface area contributed by atoms with Gasteiger partial charge in [-0.25, -0.2) is 9.97 Å². The van der Waals surface area contributed by atoms with E-state index in [0.29, 0.717) is 0 Å². The van der Waals surface area contributed by atoms with E-state index in [1.165, 1.54) is 12.8 Å². The maximum Gasteiger partial charge on any atom is 0.224 e. The Morgan fingerprint density at radius 2 is 2.29 bits per heavy atom. The third kappa shape index (κ3) is 2.20. The predicted octanol–water partition coefficient (Wildman–Crippen LogP) is 2.93. The molecule has 0 unspecified atom stereocenters. The first-order valence-electron chi connectivity index (χ1n) is 4.48. The Labute approximate surface area is 96.2 Å². The van der Waals surface area contributed by atoms with Gasteiger partial charge in [0.2, 0.25) is 5.95 Å². The summed E-state index contributed by atoms with van der Waals surface area (Å²) in [6.45, 7) is 2.19. The molecule has 1 heterocycles. The van der Waals surface area contributed by atoms with Crippen LogP contribution in [0.5, 0.6) is 0 Å². The highest BCUT2D eigenvalue weighted by molar-refractivity contribution is 9.10. The second kappa shape index (κ2) is 3.70. The normalized spacial score (nSPS) is 17.9. The second-order valence-corrected chi connectivity index (χ2v) is 5.39. The van der Waals surface area contributed by atoms with Crippen molar-refractivity contribution in [3.63, 3.8) is 0 Å².